The maximum Gasteiger partial charge on any atom is 0.329 e. The SMILES string of the molecule is O=C(CC1CCCNC1)NC1(C(=O)O)CCC1. The smallest absolute Gasteiger partial charge is 0.329 e. The summed E-state index contributed by atoms with van der Waals surface area (Å²) in [6.07, 6.45) is 4.62. The van der Waals surface area contributed by atoms with Gasteiger partial charge in [0.2, 0.25) is 5.91 Å². The van der Waals surface area contributed by atoms with E-state index >= 15 is 0 Å². The summed E-state index contributed by atoms with van der Waals surface area (Å²) in [7, 11) is 0. The summed E-state index contributed by atoms with van der Waals surface area (Å²) in [5, 5.41) is 15.1. The largest absolute Gasteiger partial charge is 0.480 e. The van der Waals surface area contributed by atoms with Crippen LogP contribution in [0, 0.1) is 5.92 Å². The zero-order valence-electron chi connectivity index (χ0n) is 10.00. The third-order valence-electron chi connectivity index (χ3n) is 3.87. The van der Waals surface area contributed by atoms with Gasteiger partial charge in [-0.15, -0.1) is 0 Å². The molecule has 0 radical (unpaired) electrons. The molecule has 2 rings (SSSR count). The van der Waals surface area contributed by atoms with Crippen molar-refractivity contribution in [1.82, 2.24) is 10.6 Å². The molecule has 3 N–H and O–H groups in total. The van der Waals surface area contributed by atoms with E-state index < -0.39 is 11.5 Å². The number of carboxylic acids is 1. The van der Waals surface area contributed by atoms with Gasteiger partial charge >= 0.3 is 5.97 Å². The standard InChI is InChI=1S/C12H20N2O3/c15-10(7-9-3-1-6-13-8-9)14-12(11(16)17)4-2-5-12/h9,13H,1-8H2,(H,14,15)(H,16,17). The van der Waals surface area contributed by atoms with E-state index in [9.17, 15) is 9.59 Å². The van der Waals surface area contributed by atoms with Crippen molar-refractivity contribution in [2.24, 2.45) is 5.92 Å². The van der Waals surface area contributed by atoms with E-state index in [4.69, 9.17) is 5.11 Å². The van der Waals surface area contributed by atoms with Crippen LogP contribution >= 0.6 is 0 Å². The van der Waals surface area contributed by atoms with Crippen molar-refractivity contribution in [2.45, 2.75) is 44.1 Å². The number of amides is 1. The Balaban J connectivity index is 1.81. The highest BCUT2D eigenvalue weighted by molar-refractivity contribution is 5.87. The fraction of sp³-hybridized carbons (Fsp3) is 0.833. The highest BCUT2D eigenvalue weighted by Gasteiger charge is 2.45. The van der Waals surface area contributed by atoms with Gasteiger partial charge in [-0.1, -0.05) is 0 Å². The predicted molar refractivity (Wildman–Crippen MR) is 62.6 cm³/mol. The van der Waals surface area contributed by atoms with Crippen molar-refractivity contribution in [3.8, 4) is 0 Å². The molecule has 1 saturated carbocycles. The van der Waals surface area contributed by atoms with Gasteiger partial charge in [0.15, 0.2) is 0 Å². The minimum absolute atomic E-state index is 0.110. The Hall–Kier alpha value is -1.10. The molecule has 1 aliphatic heterocycles. The monoisotopic (exact) mass is 240 g/mol. The molecule has 96 valence electrons. The van der Waals surface area contributed by atoms with Crippen LogP contribution in [0.5, 0.6) is 0 Å². The molecule has 1 atom stereocenters. The second-order valence-electron chi connectivity index (χ2n) is 5.21. The van der Waals surface area contributed by atoms with Gasteiger partial charge in [-0.2, -0.15) is 0 Å². The number of nitrogens with one attached hydrogen (secondary N) is 2. The normalized spacial score (nSPS) is 26.9. The molecule has 1 saturated heterocycles. The van der Waals surface area contributed by atoms with Gasteiger partial charge in [0, 0.05) is 6.42 Å². The topological polar surface area (TPSA) is 78.4 Å². The molecule has 0 aromatic rings. The fourth-order valence-electron chi connectivity index (χ4n) is 2.60. The second-order valence-corrected chi connectivity index (χ2v) is 5.21. The van der Waals surface area contributed by atoms with Crippen LogP contribution < -0.4 is 10.6 Å². The molecule has 1 amide bonds. The molecule has 17 heavy (non-hydrogen) atoms. The van der Waals surface area contributed by atoms with Crippen molar-refractivity contribution >= 4 is 11.9 Å². The van der Waals surface area contributed by atoms with E-state index in [1.165, 1.54) is 0 Å². The lowest BCUT2D eigenvalue weighted by atomic mass is 9.76. The van der Waals surface area contributed by atoms with E-state index in [-0.39, 0.29) is 5.91 Å². The molecule has 2 fully saturated rings. The van der Waals surface area contributed by atoms with Crippen LogP contribution in [0.3, 0.4) is 0 Å². The van der Waals surface area contributed by atoms with Gasteiger partial charge in [0.1, 0.15) is 5.54 Å². The lowest BCUT2D eigenvalue weighted by Gasteiger charge is -2.38. The molecular weight excluding hydrogens is 220 g/mol. The minimum atomic E-state index is -0.959. The van der Waals surface area contributed by atoms with Crippen LogP contribution in [0.15, 0.2) is 0 Å². The van der Waals surface area contributed by atoms with Crippen molar-refractivity contribution in [1.29, 1.82) is 0 Å². The molecule has 0 bridgehead atoms. The minimum Gasteiger partial charge on any atom is -0.480 e. The van der Waals surface area contributed by atoms with E-state index in [2.05, 4.69) is 10.6 Å². The van der Waals surface area contributed by atoms with Gasteiger partial charge in [0.05, 0.1) is 0 Å². The van der Waals surface area contributed by atoms with Gasteiger partial charge in [-0.25, -0.2) is 4.79 Å². The van der Waals surface area contributed by atoms with Gasteiger partial charge in [-0.05, 0) is 51.1 Å². The molecule has 0 aromatic heterocycles. The van der Waals surface area contributed by atoms with E-state index in [1.54, 1.807) is 0 Å². The molecule has 1 unspecified atom stereocenters. The summed E-state index contributed by atoms with van der Waals surface area (Å²) in [5.74, 6) is -0.644. The van der Waals surface area contributed by atoms with Gasteiger partial charge < -0.3 is 15.7 Å². The first-order valence-electron chi connectivity index (χ1n) is 6.37. The Labute approximate surface area is 101 Å². The van der Waals surface area contributed by atoms with Crippen LogP contribution in [0.1, 0.15) is 38.5 Å². The van der Waals surface area contributed by atoms with E-state index in [1.807, 2.05) is 0 Å². The van der Waals surface area contributed by atoms with Crippen LogP contribution in [-0.4, -0.2) is 35.6 Å². The number of carbonyl (C=O) groups is 2. The molecule has 0 spiro atoms. The number of piperidine rings is 1. The molecule has 5 nitrogen and oxygen atoms in total. The fourth-order valence-corrected chi connectivity index (χ4v) is 2.60. The third kappa shape index (κ3) is 2.77. The summed E-state index contributed by atoms with van der Waals surface area (Å²) in [6, 6.07) is 0. The zero-order chi connectivity index (χ0) is 12.3. The van der Waals surface area contributed by atoms with Crippen molar-refractivity contribution in [3.63, 3.8) is 0 Å². The summed E-state index contributed by atoms with van der Waals surface area (Å²) >= 11 is 0. The summed E-state index contributed by atoms with van der Waals surface area (Å²) in [5.41, 5.74) is -0.959. The Morgan fingerprint density at radius 3 is 2.59 bits per heavy atom. The molecule has 1 heterocycles. The van der Waals surface area contributed by atoms with Crippen LogP contribution in [0.2, 0.25) is 0 Å². The summed E-state index contributed by atoms with van der Waals surface area (Å²) in [6.45, 7) is 1.89. The average molecular weight is 240 g/mol. The van der Waals surface area contributed by atoms with E-state index in [0.29, 0.717) is 25.2 Å². The second kappa shape index (κ2) is 5.04. The number of rotatable bonds is 4. The Kier molecular flexibility index (Phi) is 3.66. The van der Waals surface area contributed by atoms with Gasteiger partial charge in [-0.3, -0.25) is 4.79 Å². The first-order valence-corrected chi connectivity index (χ1v) is 6.37. The maximum absolute atomic E-state index is 11.8. The highest BCUT2D eigenvalue weighted by atomic mass is 16.4. The summed E-state index contributed by atoms with van der Waals surface area (Å²) in [4.78, 5) is 22.9. The van der Waals surface area contributed by atoms with Crippen molar-refractivity contribution < 1.29 is 14.7 Å². The Bertz CT molecular complexity index is 307. The number of hydrogen-bond acceptors (Lipinski definition) is 3. The third-order valence-corrected chi connectivity index (χ3v) is 3.87. The van der Waals surface area contributed by atoms with E-state index in [0.717, 1.165) is 32.4 Å². The lowest BCUT2D eigenvalue weighted by Crippen LogP contribution is -2.59. The Morgan fingerprint density at radius 1 is 1.35 bits per heavy atom. The van der Waals surface area contributed by atoms with Crippen LogP contribution in [0.4, 0.5) is 0 Å². The zero-order valence-corrected chi connectivity index (χ0v) is 10.00. The molecule has 2 aliphatic rings. The predicted octanol–water partition coefficient (Wildman–Crippen LogP) is 0.500. The number of carbonyl (C=O) groups excluding carboxylic acids is 1. The molecule has 1 aliphatic carbocycles. The molecule has 0 aromatic carbocycles. The van der Waals surface area contributed by atoms with Crippen molar-refractivity contribution in [3.05, 3.63) is 0 Å². The van der Waals surface area contributed by atoms with Crippen molar-refractivity contribution in [2.75, 3.05) is 13.1 Å². The molecule has 5 heteroatoms. The first kappa shape index (κ1) is 12.4. The Morgan fingerprint density at radius 2 is 2.12 bits per heavy atom. The quantitative estimate of drug-likeness (QED) is 0.668. The number of hydrogen-bond donors (Lipinski definition) is 3. The highest BCUT2D eigenvalue weighted by Crippen LogP contribution is 2.32. The first-order chi connectivity index (χ1) is 8.12. The van der Waals surface area contributed by atoms with Crippen LogP contribution in [0.25, 0.3) is 0 Å². The summed E-state index contributed by atoms with van der Waals surface area (Å²) < 4.78 is 0. The lowest BCUT2D eigenvalue weighted by molar-refractivity contribution is -0.152. The maximum atomic E-state index is 11.8. The van der Waals surface area contributed by atoms with Gasteiger partial charge in [0.25, 0.3) is 0 Å². The molecular formula is C12H20N2O3. The van der Waals surface area contributed by atoms with Crippen LogP contribution in [-0.2, 0) is 9.59 Å². The average Bonchev–Trinajstić information content (AvgIpc) is 2.24. The number of aliphatic carboxylic acids is 1. The number of carboxylic acid groups (broad SMARTS) is 1.